The summed E-state index contributed by atoms with van der Waals surface area (Å²) in [5, 5.41) is 14.1. The van der Waals surface area contributed by atoms with Crippen LogP contribution in [0.5, 0.6) is 0 Å². The summed E-state index contributed by atoms with van der Waals surface area (Å²) >= 11 is 0. The molecule has 2 aromatic rings. The van der Waals surface area contributed by atoms with Crippen LogP contribution in [0.4, 0.5) is 11.6 Å². The molecule has 2 rings (SSSR count). The van der Waals surface area contributed by atoms with E-state index in [0.29, 0.717) is 17.1 Å². The highest BCUT2D eigenvalue weighted by atomic mass is 16.2. The van der Waals surface area contributed by atoms with E-state index in [-0.39, 0.29) is 11.6 Å². The topological polar surface area (TPSA) is 112 Å². The maximum atomic E-state index is 11.9. The Morgan fingerprint density at radius 1 is 1.33 bits per heavy atom. The lowest BCUT2D eigenvalue weighted by atomic mass is 10.3. The van der Waals surface area contributed by atoms with Crippen LogP contribution < -0.4 is 11.1 Å². The smallest absolute Gasteiger partial charge is 0.280 e. The summed E-state index contributed by atoms with van der Waals surface area (Å²) in [7, 11) is 1.68. The van der Waals surface area contributed by atoms with Gasteiger partial charge >= 0.3 is 0 Å². The molecule has 0 aliphatic heterocycles. The molecule has 0 fully saturated rings. The zero-order chi connectivity index (χ0) is 13.3. The van der Waals surface area contributed by atoms with Crippen LogP contribution >= 0.6 is 0 Å². The van der Waals surface area contributed by atoms with Gasteiger partial charge in [-0.3, -0.25) is 14.8 Å². The van der Waals surface area contributed by atoms with Gasteiger partial charge in [0.15, 0.2) is 5.69 Å². The summed E-state index contributed by atoms with van der Waals surface area (Å²) in [6, 6.07) is 0. The number of aromatic nitrogens is 5. The molecule has 0 aliphatic rings. The van der Waals surface area contributed by atoms with Crippen LogP contribution in [0.25, 0.3) is 0 Å². The Balaban J connectivity index is 2.21. The number of nitrogen functional groups attached to an aromatic ring is 1. The van der Waals surface area contributed by atoms with Crippen molar-refractivity contribution in [2.75, 3.05) is 11.1 Å². The molecular formula is C10H13N7O. The molecule has 0 aromatic carbocycles. The minimum absolute atomic E-state index is 0.133. The monoisotopic (exact) mass is 247 g/mol. The largest absolute Gasteiger partial charge is 0.396 e. The number of rotatable bonds is 2. The first kappa shape index (κ1) is 12.0. The second-order valence-corrected chi connectivity index (χ2v) is 3.87. The summed E-state index contributed by atoms with van der Waals surface area (Å²) in [4.78, 5) is 16.0. The van der Waals surface area contributed by atoms with E-state index in [1.807, 2.05) is 0 Å². The fourth-order valence-corrected chi connectivity index (χ4v) is 1.35. The molecule has 0 spiro atoms. The van der Waals surface area contributed by atoms with Crippen molar-refractivity contribution in [3.8, 4) is 0 Å². The van der Waals surface area contributed by atoms with Gasteiger partial charge in [-0.05, 0) is 13.8 Å². The van der Waals surface area contributed by atoms with Gasteiger partial charge in [-0.25, -0.2) is 4.98 Å². The number of amides is 1. The van der Waals surface area contributed by atoms with E-state index in [2.05, 4.69) is 25.6 Å². The average Bonchev–Trinajstić information content (AvgIpc) is 2.63. The van der Waals surface area contributed by atoms with E-state index < -0.39 is 5.91 Å². The second kappa shape index (κ2) is 4.40. The SMILES string of the molecule is Cc1nnc(NC(=O)c2nn(C)cc2N)nc1C. The second-order valence-electron chi connectivity index (χ2n) is 3.87. The molecule has 8 heteroatoms. The predicted molar refractivity (Wildman–Crippen MR) is 64.9 cm³/mol. The molecule has 18 heavy (non-hydrogen) atoms. The molecule has 0 unspecified atom stereocenters. The van der Waals surface area contributed by atoms with Crippen molar-refractivity contribution in [1.29, 1.82) is 0 Å². The van der Waals surface area contributed by atoms with Gasteiger partial charge in [-0.2, -0.15) is 10.2 Å². The number of nitrogens with one attached hydrogen (secondary N) is 1. The number of anilines is 2. The maximum absolute atomic E-state index is 11.9. The Kier molecular flexibility index (Phi) is 2.92. The van der Waals surface area contributed by atoms with E-state index in [1.54, 1.807) is 27.1 Å². The van der Waals surface area contributed by atoms with Crippen molar-refractivity contribution < 1.29 is 4.79 Å². The first-order valence-electron chi connectivity index (χ1n) is 5.25. The zero-order valence-corrected chi connectivity index (χ0v) is 10.3. The summed E-state index contributed by atoms with van der Waals surface area (Å²) in [6.07, 6.45) is 1.55. The van der Waals surface area contributed by atoms with Crippen LogP contribution in [0.15, 0.2) is 6.20 Å². The van der Waals surface area contributed by atoms with Crippen LogP contribution in [0, 0.1) is 13.8 Å². The van der Waals surface area contributed by atoms with Crippen molar-refractivity contribution in [2.45, 2.75) is 13.8 Å². The Morgan fingerprint density at radius 3 is 2.61 bits per heavy atom. The summed E-state index contributed by atoms with van der Waals surface area (Å²) < 4.78 is 1.46. The molecule has 2 aromatic heterocycles. The van der Waals surface area contributed by atoms with E-state index in [0.717, 1.165) is 0 Å². The average molecular weight is 247 g/mol. The van der Waals surface area contributed by atoms with Crippen molar-refractivity contribution >= 4 is 17.5 Å². The minimum atomic E-state index is -0.460. The number of carbonyl (C=O) groups excluding carboxylic acids is 1. The Hall–Kier alpha value is -2.51. The van der Waals surface area contributed by atoms with Crippen LogP contribution in [0.1, 0.15) is 21.9 Å². The molecule has 94 valence electrons. The lowest BCUT2D eigenvalue weighted by molar-refractivity contribution is 0.102. The van der Waals surface area contributed by atoms with Gasteiger partial charge in [0.1, 0.15) is 0 Å². The van der Waals surface area contributed by atoms with Gasteiger partial charge in [0.2, 0.25) is 5.95 Å². The van der Waals surface area contributed by atoms with Gasteiger partial charge < -0.3 is 5.73 Å². The first-order valence-corrected chi connectivity index (χ1v) is 5.25. The Labute approximate surface area is 103 Å². The molecule has 1 amide bonds. The number of nitrogens with zero attached hydrogens (tertiary/aromatic N) is 5. The highest BCUT2D eigenvalue weighted by Crippen LogP contribution is 2.10. The van der Waals surface area contributed by atoms with Crippen molar-refractivity contribution in [3.05, 3.63) is 23.3 Å². The fraction of sp³-hybridized carbons (Fsp3) is 0.300. The summed E-state index contributed by atoms with van der Waals surface area (Å²) in [5.74, 6) is -0.327. The number of hydrogen-bond acceptors (Lipinski definition) is 6. The molecule has 0 saturated carbocycles. The van der Waals surface area contributed by atoms with Crippen molar-refractivity contribution in [1.82, 2.24) is 25.0 Å². The van der Waals surface area contributed by atoms with Crippen LogP contribution in [-0.2, 0) is 7.05 Å². The zero-order valence-electron chi connectivity index (χ0n) is 10.3. The maximum Gasteiger partial charge on any atom is 0.280 e. The molecule has 8 nitrogen and oxygen atoms in total. The lowest BCUT2D eigenvalue weighted by Crippen LogP contribution is -2.17. The normalized spacial score (nSPS) is 10.4. The molecule has 0 atom stereocenters. The van der Waals surface area contributed by atoms with Crippen molar-refractivity contribution in [3.63, 3.8) is 0 Å². The van der Waals surface area contributed by atoms with Crippen LogP contribution in [-0.4, -0.2) is 30.9 Å². The van der Waals surface area contributed by atoms with Gasteiger partial charge in [-0.15, -0.1) is 5.10 Å². The van der Waals surface area contributed by atoms with Gasteiger partial charge in [0.25, 0.3) is 5.91 Å². The lowest BCUT2D eigenvalue weighted by Gasteiger charge is -2.03. The molecule has 3 N–H and O–H groups in total. The number of nitrogens with two attached hydrogens (primary N) is 1. The first-order chi connectivity index (χ1) is 8.47. The van der Waals surface area contributed by atoms with Crippen LogP contribution in [0.2, 0.25) is 0 Å². The van der Waals surface area contributed by atoms with E-state index in [1.165, 1.54) is 4.68 Å². The predicted octanol–water partition coefficient (Wildman–Crippen LogP) is 0.0564. The van der Waals surface area contributed by atoms with E-state index in [4.69, 9.17) is 5.73 Å². The van der Waals surface area contributed by atoms with Crippen molar-refractivity contribution in [2.24, 2.45) is 7.05 Å². The Bertz CT molecular complexity index is 604. The number of carbonyl (C=O) groups is 1. The Morgan fingerprint density at radius 2 is 2.06 bits per heavy atom. The fourth-order valence-electron chi connectivity index (χ4n) is 1.35. The third-order valence-electron chi connectivity index (χ3n) is 2.39. The highest BCUT2D eigenvalue weighted by molar-refractivity contribution is 6.05. The third-order valence-corrected chi connectivity index (χ3v) is 2.39. The molecule has 2 heterocycles. The van der Waals surface area contributed by atoms with E-state index in [9.17, 15) is 4.79 Å². The number of aryl methyl sites for hydroxylation is 3. The summed E-state index contributed by atoms with van der Waals surface area (Å²) in [6.45, 7) is 3.58. The standard InChI is InChI=1S/C10H13N7O/c1-5-6(2)14-15-10(12-5)13-9(18)8-7(11)4-17(3)16-8/h4H,11H2,1-3H3,(H,12,13,15,18). The molecular weight excluding hydrogens is 234 g/mol. The quantitative estimate of drug-likeness (QED) is 0.775. The van der Waals surface area contributed by atoms with E-state index >= 15 is 0 Å². The molecule has 0 bridgehead atoms. The third kappa shape index (κ3) is 2.26. The number of hydrogen-bond donors (Lipinski definition) is 2. The van der Waals surface area contributed by atoms with Gasteiger partial charge in [-0.1, -0.05) is 0 Å². The van der Waals surface area contributed by atoms with Gasteiger partial charge in [0.05, 0.1) is 17.1 Å². The molecule has 0 aliphatic carbocycles. The molecule has 0 saturated heterocycles. The summed E-state index contributed by atoms with van der Waals surface area (Å²) in [5.41, 5.74) is 7.50. The van der Waals surface area contributed by atoms with Gasteiger partial charge in [0, 0.05) is 13.2 Å². The molecule has 0 radical (unpaired) electrons. The minimum Gasteiger partial charge on any atom is -0.396 e. The van der Waals surface area contributed by atoms with Crippen LogP contribution in [0.3, 0.4) is 0 Å². The highest BCUT2D eigenvalue weighted by Gasteiger charge is 2.15.